The molecule has 8 bridgehead atoms. The molecule has 4 saturated heterocycles. The number of hydrogen-bond donors (Lipinski definition) is 5. The van der Waals surface area contributed by atoms with Crippen molar-refractivity contribution in [3.63, 3.8) is 0 Å². The summed E-state index contributed by atoms with van der Waals surface area (Å²) in [6, 6.07) is 10.6. The zero-order chi connectivity index (χ0) is 91.3. The number of nitrogens with zero attached hydrogens (tertiary/aromatic N) is 6. The number of esters is 4. The van der Waals surface area contributed by atoms with E-state index in [0.717, 1.165) is 90.3 Å². The number of nitriles is 2. The third-order valence-electron chi connectivity index (χ3n) is 28.3. The van der Waals surface area contributed by atoms with Gasteiger partial charge in [-0.3, -0.25) is 39.8 Å². The lowest BCUT2D eigenvalue weighted by molar-refractivity contribution is -0.158. The average molecular weight is 1810 g/mol. The van der Waals surface area contributed by atoms with Crippen LogP contribution in [0.1, 0.15) is 235 Å². The van der Waals surface area contributed by atoms with Crippen LogP contribution in [-0.2, 0) is 70.1 Å². The van der Waals surface area contributed by atoms with Gasteiger partial charge in [-0.15, -0.1) is 23.5 Å². The summed E-state index contributed by atoms with van der Waals surface area (Å²) in [5, 5.41) is 63.8. The monoisotopic (exact) mass is 1810 g/mol. The van der Waals surface area contributed by atoms with Gasteiger partial charge in [0.1, 0.15) is 42.4 Å². The maximum atomic E-state index is 15.2. The number of thioether (sulfide) groups is 2. The van der Waals surface area contributed by atoms with E-state index in [-0.39, 0.29) is 110 Å². The second kappa shape index (κ2) is 36.1. The minimum atomic E-state index is -1.45. The average Bonchev–Trinajstić information content (AvgIpc) is 1.56. The van der Waals surface area contributed by atoms with Crippen LogP contribution < -0.4 is 62.7 Å². The highest BCUT2D eigenvalue weighted by molar-refractivity contribution is 7.99. The molecule has 6 aromatic rings. The third-order valence-corrected chi connectivity index (χ3v) is 31.3. The zero-order valence-corrected chi connectivity index (χ0v) is 77.6. The van der Waals surface area contributed by atoms with Crippen molar-refractivity contribution in [2.75, 3.05) is 93.9 Å². The Labute approximate surface area is 760 Å². The molecule has 6 aromatic carbocycles. The Morgan fingerprint density at radius 2 is 0.946 bits per heavy atom. The Hall–Kier alpha value is -10.3. The zero-order valence-electron chi connectivity index (χ0n) is 76.0. The molecule has 20 rings (SSSR count). The number of carbonyl (C=O) groups is 5. The molecule has 14 atom stereocenters. The van der Waals surface area contributed by atoms with E-state index in [2.05, 4.69) is 62.3 Å². The highest BCUT2D eigenvalue weighted by Gasteiger charge is 2.65. The van der Waals surface area contributed by atoms with Crippen LogP contribution in [0, 0.1) is 50.4 Å². The largest absolute Gasteiger partial charge is 0.514 e. The number of nitrogens with one attached hydrogen (secondary N) is 2. The number of likely N-dealkylation sites (N-methyl/N-ethyl adjacent to an activating group) is 2. The van der Waals surface area contributed by atoms with Crippen molar-refractivity contribution in [2.24, 2.45) is 0 Å². The molecule has 0 radical (unpaired) electrons. The Bertz CT molecular complexity index is 5570. The molecule has 2 unspecified atom stereocenters. The van der Waals surface area contributed by atoms with Gasteiger partial charge in [-0.05, 0) is 170 Å². The highest BCUT2D eigenvalue weighted by Crippen LogP contribution is 2.68. The number of unbranched alkanes of at least 4 members (excludes halogenated alkanes) is 8. The van der Waals surface area contributed by atoms with Gasteiger partial charge in [-0.25, -0.2) is 14.4 Å². The summed E-state index contributed by atoms with van der Waals surface area (Å²) >= 11 is 2.99. The first-order valence-electron chi connectivity index (χ1n) is 45.1. The van der Waals surface area contributed by atoms with E-state index in [1.807, 2.05) is 47.9 Å². The van der Waals surface area contributed by atoms with Crippen LogP contribution in [-0.4, -0.2) is 201 Å². The number of hydrogen-bond acceptors (Lipinski definition) is 32. The molecule has 30 nitrogen and oxygen atoms in total. The second-order valence-electron chi connectivity index (χ2n) is 36.8. The first kappa shape index (κ1) is 90.6. The van der Waals surface area contributed by atoms with Crippen molar-refractivity contribution in [1.82, 2.24) is 30.2 Å². The summed E-state index contributed by atoms with van der Waals surface area (Å²) < 4.78 is 85.4. The molecule has 0 aromatic heterocycles. The SMILES string of the molecule is CCCCCCCC(=O)Oc1c(C)c2c(c3c1[C@H]1SC[C@]4(NCCc5cc(O)c(OC)cc54)C(=O)OC[C@@H]3N3C1[C@H]1c4c(cc(C)c(OC)c4O)C[C@@H]([C@@H]3C#N)N1C)OCO2.CCCCCCCC(=O)Oc1c(C)c2c(c3c1[C@H]1SC[C@]4(NCCc5cc(OC(=O)OC(C)(C)C)c(OC)cc54)C(=O)OC[C@@H]3N3C1[C@H]1c4c(cc(C)c(OC)c4O)C[C@@H]([C@@H]3C#N)N1C)OCO2. The molecule has 32 heteroatoms. The Morgan fingerprint density at radius 3 is 1.36 bits per heavy atom. The van der Waals surface area contributed by atoms with Crippen LogP contribution in [0.5, 0.6) is 80.5 Å². The van der Waals surface area contributed by atoms with Crippen molar-refractivity contribution < 1.29 is 106 Å². The smallest absolute Gasteiger partial charge is 0.504 e. The van der Waals surface area contributed by atoms with Crippen molar-refractivity contribution in [3.8, 4) is 92.6 Å². The minimum Gasteiger partial charge on any atom is -0.504 e. The predicted octanol–water partition coefficient (Wildman–Crippen LogP) is 14.3. The van der Waals surface area contributed by atoms with Gasteiger partial charge in [0.2, 0.25) is 13.6 Å². The molecule has 129 heavy (non-hydrogen) atoms. The minimum absolute atomic E-state index is 0.0186. The maximum absolute atomic E-state index is 15.2. The number of aromatic hydroxyl groups is 3. The number of rotatable bonds is 19. The summed E-state index contributed by atoms with van der Waals surface area (Å²) in [5.74, 6) is 2.46. The quantitative estimate of drug-likeness (QED) is 0.0165. The molecule has 2 spiro atoms. The van der Waals surface area contributed by atoms with Crippen molar-refractivity contribution in [2.45, 2.75) is 253 Å². The number of fused-ring (bicyclic) bond motifs is 18. The van der Waals surface area contributed by atoms with Crippen LogP contribution >= 0.6 is 23.5 Å². The number of ether oxygens (including phenoxy) is 14. The lowest BCUT2D eigenvalue weighted by atomic mass is 9.71. The summed E-state index contributed by atoms with van der Waals surface area (Å²) in [6.07, 6.45) is 11.2. The van der Waals surface area contributed by atoms with Crippen LogP contribution in [0.25, 0.3) is 0 Å². The van der Waals surface area contributed by atoms with Gasteiger partial charge in [-0.2, -0.15) is 10.5 Å². The molecule has 5 N–H and O–H groups in total. The van der Waals surface area contributed by atoms with Crippen molar-refractivity contribution in [1.29, 1.82) is 10.5 Å². The molecule has 14 aliphatic heterocycles. The lowest BCUT2D eigenvalue weighted by Gasteiger charge is -2.62. The number of phenolic OH excluding ortho intramolecular Hbond substituents is 3. The molecule has 14 aliphatic rings. The van der Waals surface area contributed by atoms with Gasteiger partial charge in [0, 0.05) is 106 Å². The van der Waals surface area contributed by atoms with Crippen LogP contribution in [0.4, 0.5) is 4.79 Å². The van der Waals surface area contributed by atoms with E-state index in [1.165, 1.54) is 37.7 Å². The number of benzene rings is 6. The van der Waals surface area contributed by atoms with E-state index >= 15 is 4.79 Å². The third kappa shape index (κ3) is 15.3. The highest BCUT2D eigenvalue weighted by atomic mass is 32.2. The van der Waals surface area contributed by atoms with Gasteiger partial charge in [0.15, 0.2) is 80.1 Å². The molecule has 14 heterocycles. The summed E-state index contributed by atoms with van der Waals surface area (Å²) in [4.78, 5) is 79.9. The van der Waals surface area contributed by atoms with Crippen LogP contribution in [0.3, 0.4) is 0 Å². The fourth-order valence-corrected chi connectivity index (χ4v) is 26.0. The summed E-state index contributed by atoms with van der Waals surface area (Å²) in [5.41, 5.74) is 7.95. The predicted molar refractivity (Wildman–Crippen MR) is 477 cm³/mol. The number of methoxy groups -OCH3 is 4. The number of piperazine rings is 2. The molecule has 688 valence electrons. The Morgan fingerprint density at radius 1 is 0.519 bits per heavy atom. The number of carbonyl (C=O) groups excluding carboxylic acids is 5. The van der Waals surface area contributed by atoms with Gasteiger partial charge in [-0.1, -0.05) is 77.3 Å². The van der Waals surface area contributed by atoms with Crippen LogP contribution in [0.15, 0.2) is 36.4 Å². The van der Waals surface area contributed by atoms with E-state index < -0.39 is 93.6 Å². The van der Waals surface area contributed by atoms with E-state index in [0.29, 0.717) is 148 Å². The fourth-order valence-electron chi connectivity index (χ4n) is 22.6. The van der Waals surface area contributed by atoms with E-state index in [9.17, 15) is 45.0 Å². The second-order valence-corrected chi connectivity index (χ2v) is 39.1. The van der Waals surface area contributed by atoms with Gasteiger partial charge in [0.25, 0.3) is 0 Å². The summed E-state index contributed by atoms with van der Waals surface area (Å²) in [7, 11) is 10.0. The number of phenols is 3. The molecule has 4 fully saturated rings. The molecule has 0 aliphatic carbocycles. The Balaban J connectivity index is 0.000000182. The van der Waals surface area contributed by atoms with Gasteiger partial charge >= 0.3 is 30.0 Å². The molecular weight excluding hydrogens is 1690 g/mol. The van der Waals surface area contributed by atoms with Gasteiger partial charge in [0.05, 0.1) is 75.2 Å². The normalized spacial score (nSPS) is 26.5. The van der Waals surface area contributed by atoms with Gasteiger partial charge < -0.3 is 81.6 Å². The van der Waals surface area contributed by atoms with Crippen molar-refractivity contribution >= 4 is 53.6 Å². The number of aryl methyl sites for hydroxylation is 2. The Kier molecular flexibility index (Phi) is 25.4. The summed E-state index contributed by atoms with van der Waals surface area (Å²) in [6.45, 7) is 17.4. The lowest BCUT2D eigenvalue weighted by Crippen LogP contribution is -2.69. The standard InChI is InChI=1S/C51H62N4O12S.C46H54N4O10S/c1-10-11-12-13-14-15-36(56)66-44-27(3)45-46(64-25-63-45)38-33-23-62-48(58)51(30-21-34(60-8)35(20-28(30)16-17-53-51)65-49(59)67-50(4,5)6)24-68-47(39(38)44)41-40-37-29(18-26(2)43(61-9)42(37)57)19-31(54(40)7)32(22-52)55(33)41;1-7-8-9-10-11-12-33(52)60-41-24(3)42-43(59-22-58-42)35-30-20-57-45(54)46(27-18-32(55-5)31(51)17-25(27)13-14-48-46)21-61-44(36(35)41)38-37-34-26(15-23(2)40(56-6)39(34)53)16-28(49(37)4)29(19-47)50(30)38/h18,20-21,31-33,40-41,47,53,57H,10-17,19,23-25H2,1-9H3;15,17-18,28-30,37-38,44,48,51,53H,7-14,16,20-22H2,1-6H3/t31-,32-,33-,40+,41?,47+,51+;28-,29-,30-,37+,38?,44+,46+/m00/s1. The fraction of sp³-hybridized carbons (Fsp3) is 0.557. The molecule has 0 amide bonds. The van der Waals surface area contributed by atoms with E-state index in [1.54, 1.807) is 59.3 Å². The van der Waals surface area contributed by atoms with Crippen LogP contribution in [0.2, 0.25) is 0 Å². The topological polar surface area (TPSA) is 360 Å². The molecule has 0 saturated carbocycles. The molecular formula is C97H116N8O22S2. The first-order valence-corrected chi connectivity index (χ1v) is 47.2. The van der Waals surface area contributed by atoms with E-state index in [4.69, 9.17) is 66.3 Å². The maximum Gasteiger partial charge on any atom is 0.514 e. The first-order chi connectivity index (χ1) is 62.1. The van der Waals surface area contributed by atoms with Crippen molar-refractivity contribution in [3.05, 3.63) is 125 Å².